The predicted octanol–water partition coefficient (Wildman–Crippen LogP) is 10.9. The molecule has 0 aliphatic heterocycles. The van der Waals surface area contributed by atoms with Crippen molar-refractivity contribution in [2.24, 2.45) is 0 Å². The van der Waals surface area contributed by atoms with E-state index in [0.29, 0.717) is 11.8 Å². The molecule has 218 valence electrons. The number of hydrogen-bond donors (Lipinski definition) is 0. The van der Waals surface area contributed by atoms with Crippen LogP contribution in [-0.4, -0.2) is 0 Å². The molecule has 0 heterocycles. The number of rotatable bonds is 15. The average molecular weight is 606 g/mol. The van der Waals surface area contributed by atoms with Crippen LogP contribution in [0, 0.1) is 0 Å². The van der Waals surface area contributed by atoms with Gasteiger partial charge in [0.25, 0.3) is 0 Å². The number of aryl methyl sites for hydroxylation is 2. The van der Waals surface area contributed by atoms with Crippen LogP contribution in [0.1, 0.15) is 87.5 Å². The van der Waals surface area contributed by atoms with Gasteiger partial charge >= 0.3 is 0 Å². The summed E-state index contributed by atoms with van der Waals surface area (Å²) in [6.07, 6.45) is 12.6. The van der Waals surface area contributed by atoms with Gasteiger partial charge in [0.15, 0.2) is 0 Å². The van der Waals surface area contributed by atoms with Crippen molar-refractivity contribution in [3.8, 4) is 0 Å². The highest BCUT2D eigenvalue weighted by atomic mass is 35.5. The summed E-state index contributed by atoms with van der Waals surface area (Å²) >= 11 is 12.5. The Labute approximate surface area is 261 Å². The molecular formula is C38H47Cl2P. The summed E-state index contributed by atoms with van der Waals surface area (Å²) in [5.74, 6) is 1.18. The highest BCUT2D eigenvalue weighted by Gasteiger charge is 2.15. The maximum atomic E-state index is 6.25. The lowest BCUT2D eigenvalue weighted by atomic mass is 9.92. The summed E-state index contributed by atoms with van der Waals surface area (Å²) in [4.78, 5) is 0. The second kappa shape index (κ2) is 19.9. The van der Waals surface area contributed by atoms with Gasteiger partial charge < -0.3 is 0 Å². The first kappa shape index (κ1) is 33.4. The fraction of sp³-hybridized carbons (Fsp3) is 0.368. The third kappa shape index (κ3) is 10.9. The molecule has 0 radical (unpaired) electrons. The molecule has 0 N–H and O–H groups in total. The number of benzene rings is 4. The highest BCUT2D eigenvalue weighted by Crippen LogP contribution is 2.32. The Bertz CT molecular complexity index is 1090. The van der Waals surface area contributed by atoms with E-state index < -0.39 is 7.92 Å². The standard InChI is InChI=1S/C20H32Cl2.C18H15P/c1-3-5-7-9-11-17-13-14-18(12-10-8-6-4-2)20(16-22)19(17)15-21;1-4-10-16(11-5-1)19(17-12-6-2-7-13-17)18-14-8-3-9-15-18/h13-14H,3-12,15-16H2,1-2H3;1-15H. The Balaban J connectivity index is 0.000000227. The van der Waals surface area contributed by atoms with E-state index in [0.717, 1.165) is 12.8 Å². The van der Waals surface area contributed by atoms with Crippen LogP contribution in [0.15, 0.2) is 103 Å². The Morgan fingerprint density at radius 3 is 1.07 bits per heavy atom. The van der Waals surface area contributed by atoms with E-state index in [2.05, 4.69) is 117 Å². The fourth-order valence-corrected chi connectivity index (χ4v) is 8.23. The minimum absolute atomic E-state index is 0.446. The first-order valence-corrected chi connectivity index (χ1v) is 17.8. The molecule has 0 fully saturated rings. The maximum Gasteiger partial charge on any atom is 0.0480 e. The zero-order valence-corrected chi connectivity index (χ0v) is 27.4. The molecule has 0 bridgehead atoms. The van der Waals surface area contributed by atoms with Crippen molar-refractivity contribution >= 4 is 47.0 Å². The van der Waals surface area contributed by atoms with Crippen LogP contribution in [0.2, 0.25) is 0 Å². The van der Waals surface area contributed by atoms with Crippen molar-refractivity contribution in [3.63, 3.8) is 0 Å². The van der Waals surface area contributed by atoms with Crippen LogP contribution in [0.5, 0.6) is 0 Å². The van der Waals surface area contributed by atoms with Gasteiger partial charge in [0.1, 0.15) is 0 Å². The summed E-state index contributed by atoms with van der Waals surface area (Å²) in [5, 5.41) is 4.19. The summed E-state index contributed by atoms with van der Waals surface area (Å²) in [5.41, 5.74) is 5.44. The van der Waals surface area contributed by atoms with Crippen molar-refractivity contribution < 1.29 is 0 Å². The highest BCUT2D eigenvalue weighted by molar-refractivity contribution is 7.79. The Morgan fingerprint density at radius 1 is 0.439 bits per heavy atom. The van der Waals surface area contributed by atoms with Crippen molar-refractivity contribution in [1.82, 2.24) is 0 Å². The van der Waals surface area contributed by atoms with Crippen LogP contribution in [0.3, 0.4) is 0 Å². The van der Waals surface area contributed by atoms with E-state index in [1.54, 1.807) is 0 Å². The third-order valence-electron chi connectivity index (χ3n) is 7.53. The first-order valence-electron chi connectivity index (χ1n) is 15.4. The fourth-order valence-electron chi connectivity index (χ4n) is 5.25. The molecule has 0 aliphatic rings. The minimum Gasteiger partial charge on any atom is -0.122 e. The van der Waals surface area contributed by atoms with Crippen LogP contribution in [-0.2, 0) is 24.6 Å². The van der Waals surface area contributed by atoms with E-state index in [1.165, 1.54) is 89.5 Å². The molecule has 0 unspecified atom stereocenters. The van der Waals surface area contributed by atoms with E-state index in [-0.39, 0.29) is 0 Å². The van der Waals surface area contributed by atoms with Crippen molar-refractivity contribution in [1.29, 1.82) is 0 Å². The molecule has 0 saturated heterocycles. The molecular weight excluding hydrogens is 558 g/mol. The molecule has 0 aliphatic carbocycles. The molecule has 0 spiro atoms. The van der Waals surface area contributed by atoms with E-state index in [9.17, 15) is 0 Å². The van der Waals surface area contributed by atoms with Gasteiger partial charge in [-0.2, -0.15) is 0 Å². The molecule has 0 atom stereocenters. The third-order valence-corrected chi connectivity index (χ3v) is 10.5. The van der Waals surface area contributed by atoms with Crippen LogP contribution in [0.4, 0.5) is 0 Å². The van der Waals surface area contributed by atoms with E-state index >= 15 is 0 Å². The Hall–Kier alpha value is -2.11. The molecule has 0 nitrogen and oxygen atoms in total. The lowest BCUT2D eigenvalue weighted by molar-refractivity contribution is 0.660. The average Bonchev–Trinajstić information content (AvgIpc) is 3.03. The summed E-state index contributed by atoms with van der Waals surface area (Å²) in [6.45, 7) is 4.51. The summed E-state index contributed by atoms with van der Waals surface area (Å²) in [6, 6.07) is 36.9. The van der Waals surface area contributed by atoms with Gasteiger partial charge in [0, 0.05) is 11.8 Å². The lowest BCUT2D eigenvalue weighted by Crippen LogP contribution is -2.20. The van der Waals surface area contributed by atoms with Gasteiger partial charge in [-0.05, 0) is 71.8 Å². The monoisotopic (exact) mass is 604 g/mol. The summed E-state index contributed by atoms with van der Waals surface area (Å²) in [7, 11) is -0.446. The number of unbranched alkanes of at least 4 members (excludes halogenated alkanes) is 6. The van der Waals surface area contributed by atoms with Crippen LogP contribution < -0.4 is 15.9 Å². The molecule has 0 aromatic heterocycles. The minimum atomic E-state index is -0.446. The van der Waals surface area contributed by atoms with Crippen molar-refractivity contribution in [3.05, 3.63) is 125 Å². The van der Waals surface area contributed by atoms with Gasteiger partial charge in [0.05, 0.1) is 0 Å². The number of halogens is 2. The van der Waals surface area contributed by atoms with Crippen molar-refractivity contribution in [2.45, 2.75) is 89.8 Å². The zero-order chi connectivity index (χ0) is 29.1. The number of alkyl halides is 2. The second-order valence-corrected chi connectivity index (χ2v) is 13.3. The van der Waals surface area contributed by atoms with Gasteiger partial charge in [-0.3, -0.25) is 0 Å². The van der Waals surface area contributed by atoms with Crippen molar-refractivity contribution in [2.75, 3.05) is 0 Å². The molecule has 0 amide bonds. The molecule has 0 saturated carbocycles. The predicted molar refractivity (Wildman–Crippen MR) is 186 cm³/mol. The van der Waals surface area contributed by atoms with E-state index in [4.69, 9.17) is 23.2 Å². The normalized spacial score (nSPS) is 10.9. The van der Waals surface area contributed by atoms with E-state index in [1.807, 2.05) is 0 Å². The zero-order valence-electron chi connectivity index (χ0n) is 25.0. The second-order valence-electron chi connectivity index (χ2n) is 10.6. The quantitative estimate of drug-likeness (QED) is 0.0718. The molecule has 4 aromatic rings. The van der Waals surface area contributed by atoms with Crippen LogP contribution >= 0.6 is 31.1 Å². The van der Waals surface area contributed by atoms with Gasteiger partial charge in [0.2, 0.25) is 0 Å². The van der Waals surface area contributed by atoms with Gasteiger partial charge in [-0.15, -0.1) is 23.2 Å². The molecule has 3 heteroatoms. The molecule has 4 aromatic carbocycles. The maximum absolute atomic E-state index is 6.25. The van der Waals surface area contributed by atoms with Gasteiger partial charge in [-0.25, -0.2) is 0 Å². The Kier molecular flexibility index (Phi) is 16.2. The smallest absolute Gasteiger partial charge is 0.0480 e. The van der Waals surface area contributed by atoms with Crippen LogP contribution in [0.25, 0.3) is 0 Å². The largest absolute Gasteiger partial charge is 0.122 e. The molecule has 4 rings (SSSR count). The topological polar surface area (TPSA) is 0 Å². The summed E-state index contributed by atoms with van der Waals surface area (Å²) < 4.78 is 0. The first-order chi connectivity index (χ1) is 20.2. The molecule has 41 heavy (non-hydrogen) atoms. The number of hydrogen-bond acceptors (Lipinski definition) is 0. The SMILES string of the molecule is CCCCCCc1ccc(CCCCCC)c(CCl)c1CCl.c1ccc(P(c2ccccc2)c2ccccc2)cc1. The lowest BCUT2D eigenvalue weighted by Gasteiger charge is -2.18. The Morgan fingerprint density at radius 2 is 0.780 bits per heavy atom. The van der Waals surface area contributed by atoms with Gasteiger partial charge in [-0.1, -0.05) is 156 Å².